The third kappa shape index (κ3) is 2.27. The van der Waals surface area contributed by atoms with Crippen LogP contribution in [0.15, 0.2) is 35.0 Å². The Labute approximate surface area is 97.6 Å². The van der Waals surface area contributed by atoms with Crippen molar-refractivity contribution in [3.8, 4) is 0 Å². The minimum Gasteiger partial charge on any atom is -0.383 e. The second-order valence-electron chi connectivity index (χ2n) is 3.03. The molecule has 0 fully saturated rings. The van der Waals surface area contributed by atoms with Gasteiger partial charge in [-0.1, -0.05) is 6.92 Å². The fraction of sp³-hybridized carbons (Fsp3) is 0.200. The highest BCUT2D eigenvalue weighted by Crippen LogP contribution is 2.27. The number of anilines is 1. The van der Waals surface area contributed by atoms with E-state index in [9.17, 15) is 0 Å². The van der Waals surface area contributed by atoms with E-state index in [1.54, 1.807) is 18.5 Å². The van der Waals surface area contributed by atoms with Gasteiger partial charge in [-0.05, 0) is 24.2 Å². The molecule has 0 radical (unpaired) electrons. The molecule has 2 aromatic heterocycles. The summed E-state index contributed by atoms with van der Waals surface area (Å²) in [6, 6.07) is 1.78. The van der Waals surface area contributed by atoms with E-state index in [1.165, 1.54) is 18.1 Å². The van der Waals surface area contributed by atoms with E-state index in [2.05, 4.69) is 19.9 Å². The van der Waals surface area contributed by atoms with Gasteiger partial charge in [0.2, 0.25) is 0 Å². The van der Waals surface area contributed by atoms with Crippen LogP contribution in [0.2, 0.25) is 0 Å². The van der Waals surface area contributed by atoms with Gasteiger partial charge >= 0.3 is 0 Å². The monoisotopic (exact) mass is 233 g/mol. The normalized spacial score (nSPS) is 10.3. The van der Waals surface area contributed by atoms with Gasteiger partial charge in [0.25, 0.3) is 0 Å². The first-order valence-electron chi connectivity index (χ1n) is 4.85. The molecular formula is C10H11N5S. The third-order valence-electron chi connectivity index (χ3n) is 2.02. The van der Waals surface area contributed by atoms with E-state index >= 15 is 0 Å². The lowest BCUT2D eigenvalue weighted by molar-refractivity contribution is 0.927. The number of hydrogen-bond donors (Lipinski definition) is 1. The Morgan fingerprint density at radius 1 is 1.19 bits per heavy atom. The molecule has 0 bridgehead atoms. The minimum absolute atomic E-state index is 0.524. The molecule has 0 atom stereocenters. The van der Waals surface area contributed by atoms with Crippen LogP contribution in [0.4, 0.5) is 5.82 Å². The van der Waals surface area contributed by atoms with E-state index in [4.69, 9.17) is 5.73 Å². The second-order valence-corrected chi connectivity index (χ2v) is 3.99. The van der Waals surface area contributed by atoms with Crippen LogP contribution in [0.3, 0.4) is 0 Å². The summed E-state index contributed by atoms with van der Waals surface area (Å²) < 4.78 is 0. The summed E-state index contributed by atoms with van der Waals surface area (Å²) >= 11 is 1.40. The van der Waals surface area contributed by atoms with Crippen LogP contribution in [0.25, 0.3) is 0 Å². The molecule has 0 aliphatic heterocycles. The zero-order chi connectivity index (χ0) is 11.4. The molecule has 2 aromatic rings. The number of hydrogen-bond acceptors (Lipinski definition) is 6. The van der Waals surface area contributed by atoms with E-state index < -0.39 is 0 Å². The summed E-state index contributed by atoms with van der Waals surface area (Å²) in [5.74, 6) is 0.524. The van der Waals surface area contributed by atoms with Crippen molar-refractivity contribution in [2.24, 2.45) is 0 Å². The maximum Gasteiger partial charge on any atom is 0.193 e. The summed E-state index contributed by atoms with van der Waals surface area (Å²) in [6.07, 6.45) is 5.65. The summed E-state index contributed by atoms with van der Waals surface area (Å²) in [6.45, 7) is 2.02. The van der Waals surface area contributed by atoms with Crippen LogP contribution < -0.4 is 5.73 Å². The molecule has 16 heavy (non-hydrogen) atoms. The molecule has 0 saturated carbocycles. The summed E-state index contributed by atoms with van der Waals surface area (Å²) in [5.41, 5.74) is 6.72. The van der Waals surface area contributed by atoms with Crippen molar-refractivity contribution in [2.75, 3.05) is 5.73 Å². The molecule has 0 aliphatic rings. The lowest BCUT2D eigenvalue weighted by atomic mass is 10.2. The molecule has 0 amide bonds. The van der Waals surface area contributed by atoms with Crippen LogP contribution in [0.5, 0.6) is 0 Å². The maximum atomic E-state index is 5.78. The first-order valence-corrected chi connectivity index (χ1v) is 5.67. The van der Waals surface area contributed by atoms with Gasteiger partial charge in [-0.2, -0.15) is 0 Å². The Kier molecular flexibility index (Phi) is 3.31. The molecule has 0 spiro atoms. The summed E-state index contributed by atoms with van der Waals surface area (Å²) in [7, 11) is 0. The number of aromatic nitrogens is 4. The first-order chi connectivity index (χ1) is 7.81. The van der Waals surface area contributed by atoms with E-state index in [0.717, 1.165) is 17.0 Å². The number of nitrogen functional groups attached to an aromatic ring is 1. The lowest BCUT2D eigenvalue weighted by Crippen LogP contribution is -2.00. The molecule has 82 valence electrons. The molecule has 0 aliphatic carbocycles. The zero-order valence-electron chi connectivity index (χ0n) is 8.79. The summed E-state index contributed by atoms with van der Waals surface area (Å²) in [4.78, 5) is 16.4. The van der Waals surface area contributed by atoms with E-state index in [0.29, 0.717) is 11.0 Å². The highest BCUT2D eigenvalue weighted by Gasteiger charge is 2.09. The predicted octanol–water partition coefficient (Wildman–Crippen LogP) is 1.56. The highest BCUT2D eigenvalue weighted by atomic mass is 32.2. The van der Waals surface area contributed by atoms with Gasteiger partial charge < -0.3 is 5.73 Å². The van der Waals surface area contributed by atoms with Gasteiger partial charge in [-0.25, -0.2) is 19.9 Å². The van der Waals surface area contributed by atoms with Crippen LogP contribution >= 0.6 is 11.8 Å². The van der Waals surface area contributed by atoms with Crippen molar-refractivity contribution < 1.29 is 0 Å². The molecule has 2 heterocycles. The van der Waals surface area contributed by atoms with E-state index in [1.807, 2.05) is 6.92 Å². The average molecular weight is 233 g/mol. The standard InChI is InChI=1S/C10H11N5S/c1-2-7-8(11)14-6-15-9(7)16-10-12-4-3-5-13-10/h3-6H,2H2,1H3,(H2,11,14,15). The van der Waals surface area contributed by atoms with Crippen molar-refractivity contribution in [3.05, 3.63) is 30.4 Å². The molecule has 0 unspecified atom stereocenters. The number of rotatable bonds is 3. The Balaban J connectivity index is 2.31. The van der Waals surface area contributed by atoms with Crippen LogP contribution in [0, 0.1) is 0 Å². The SMILES string of the molecule is CCc1c(N)ncnc1Sc1ncccn1. The van der Waals surface area contributed by atoms with Gasteiger partial charge in [0.05, 0.1) is 0 Å². The van der Waals surface area contributed by atoms with Crippen LogP contribution in [-0.2, 0) is 6.42 Å². The van der Waals surface area contributed by atoms with Gasteiger partial charge in [-0.3, -0.25) is 0 Å². The molecule has 6 heteroatoms. The Morgan fingerprint density at radius 2 is 1.94 bits per heavy atom. The van der Waals surface area contributed by atoms with Crippen molar-refractivity contribution >= 4 is 17.6 Å². The largest absolute Gasteiger partial charge is 0.383 e. The van der Waals surface area contributed by atoms with Crippen LogP contribution in [-0.4, -0.2) is 19.9 Å². The molecule has 2 N–H and O–H groups in total. The fourth-order valence-corrected chi connectivity index (χ4v) is 2.13. The number of nitrogens with two attached hydrogens (primary N) is 1. The Morgan fingerprint density at radius 3 is 2.62 bits per heavy atom. The van der Waals surface area contributed by atoms with Gasteiger partial charge in [0, 0.05) is 18.0 Å². The van der Waals surface area contributed by atoms with Gasteiger partial charge in [0.1, 0.15) is 17.2 Å². The zero-order valence-corrected chi connectivity index (χ0v) is 9.61. The molecule has 5 nitrogen and oxygen atoms in total. The molecule has 2 rings (SSSR count). The molecule has 0 aromatic carbocycles. The molecular weight excluding hydrogens is 222 g/mol. The quantitative estimate of drug-likeness (QED) is 0.640. The predicted molar refractivity (Wildman–Crippen MR) is 62.0 cm³/mol. The first kappa shape index (κ1) is 10.8. The van der Waals surface area contributed by atoms with Crippen molar-refractivity contribution in [1.29, 1.82) is 0 Å². The smallest absolute Gasteiger partial charge is 0.193 e. The lowest BCUT2D eigenvalue weighted by Gasteiger charge is -2.06. The second kappa shape index (κ2) is 4.89. The maximum absolute atomic E-state index is 5.78. The minimum atomic E-state index is 0.524. The van der Waals surface area contributed by atoms with E-state index in [-0.39, 0.29) is 0 Å². The van der Waals surface area contributed by atoms with Gasteiger partial charge in [-0.15, -0.1) is 0 Å². The van der Waals surface area contributed by atoms with Crippen molar-refractivity contribution in [3.63, 3.8) is 0 Å². The van der Waals surface area contributed by atoms with Crippen LogP contribution in [0.1, 0.15) is 12.5 Å². The average Bonchev–Trinajstić information content (AvgIpc) is 2.31. The number of nitrogens with zero attached hydrogens (tertiary/aromatic N) is 4. The van der Waals surface area contributed by atoms with Crippen molar-refractivity contribution in [2.45, 2.75) is 23.5 Å². The Hall–Kier alpha value is -1.69. The fourth-order valence-electron chi connectivity index (χ4n) is 1.25. The van der Waals surface area contributed by atoms with Crippen molar-refractivity contribution in [1.82, 2.24) is 19.9 Å². The van der Waals surface area contributed by atoms with Gasteiger partial charge in [0.15, 0.2) is 5.16 Å². The summed E-state index contributed by atoms with van der Waals surface area (Å²) in [5, 5.41) is 1.48. The topological polar surface area (TPSA) is 77.6 Å². The Bertz CT molecular complexity index is 474. The third-order valence-corrected chi connectivity index (χ3v) is 2.96. The molecule has 0 saturated heterocycles. The highest BCUT2D eigenvalue weighted by molar-refractivity contribution is 7.99.